The van der Waals surface area contributed by atoms with Crippen LogP contribution in [-0.2, 0) is 10.0 Å². The van der Waals surface area contributed by atoms with E-state index in [0.29, 0.717) is 17.1 Å². The van der Waals surface area contributed by atoms with E-state index in [-0.39, 0.29) is 17.5 Å². The molecule has 0 unspecified atom stereocenters. The molecule has 0 saturated carbocycles. The molecule has 0 saturated heterocycles. The van der Waals surface area contributed by atoms with Gasteiger partial charge in [0.05, 0.1) is 30.9 Å². The van der Waals surface area contributed by atoms with Crippen molar-refractivity contribution < 1.29 is 17.5 Å². The molecule has 3 N–H and O–H groups in total. The number of sulfonamides is 1. The quantitative estimate of drug-likeness (QED) is 0.537. The summed E-state index contributed by atoms with van der Waals surface area (Å²) in [6.07, 6.45) is 2.06. The summed E-state index contributed by atoms with van der Waals surface area (Å²) in [5.74, 6) is 0.0557. The van der Waals surface area contributed by atoms with Gasteiger partial charge in [0.15, 0.2) is 11.6 Å². The van der Waals surface area contributed by atoms with Gasteiger partial charge in [-0.1, -0.05) is 18.2 Å². The Balaban J connectivity index is 1.87. The Morgan fingerprint density at radius 3 is 2.48 bits per heavy atom. The van der Waals surface area contributed by atoms with Crippen molar-refractivity contribution in [3.63, 3.8) is 0 Å². The molecule has 0 fully saturated rings. The summed E-state index contributed by atoms with van der Waals surface area (Å²) in [5.41, 5.74) is 2.25. The predicted octanol–water partition coefficient (Wildman–Crippen LogP) is 3.79. The second-order valence-electron chi connectivity index (χ2n) is 6.24. The van der Waals surface area contributed by atoms with E-state index in [9.17, 15) is 12.8 Å². The Morgan fingerprint density at radius 2 is 1.79 bits per heavy atom. The average Bonchev–Trinajstić information content (AvgIpc) is 2.66. The molecule has 0 aliphatic carbocycles. The molecule has 0 aliphatic rings. The number of aryl methyl sites for hydroxylation is 1. The lowest BCUT2D eigenvalue weighted by Gasteiger charge is -2.14. The fourth-order valence-electron chi connectivity index (χ4n) is 2.55. The first kappa shape index (κ1) is 20.3. The maximum atomic E-state index is 14.3. The van der Waals surface area contributed by atoms with Gasteiger partial charge in [0.1, 0.15) is 5.75 Å². The lowest BCUT2D eigenvalue weighted by Crippen LogP contribution is -2.11. The fourth-order valence-corrected chi connectivity index (χ4v) is 3.13. The third kappa shape index (κ3) is 5.32. The highest BCUT2D eigenvalue weighted by Crippen LogP contribution is 2.28. The SMILES string of the molecule is COc1cc(Nc2ncc(F)c(Nc3ccccc3NS(C)(=O)=O)n2)ccc1C. The molecule has 1 heterocycles. The van der Waals surface area contributed by atoms with Gasteiger partial charge in [-0.15, -0.1) is 0 Å². The molecule has 0 aliphatic heterocycles. The van der Waals surface area contributed by atoms with Crippen LogP contribution in [-0.4, -0.2) is 31.8 Å². The molecule has 3 rings (SSSR count). The average molecular weight is 417 g/mol. The van der Waals surface area contributed by atoms with E-state index in [4.69, 9.17) is 4.74 Å². The van der Waals surface area contributed by atoms with Gasteiger partial charge in [-0.3, -0.25) is 4.72 Å². The first-order chi connectivity index (χ1) is 13.7. The van der Waals surface area contributed by atoms with E-state index in [1.807, 2.05) is 19.1 Å². The number of methoxy groups -OCH3 is 1. The number of hydrogen-bond donors (Lipinski definition) is 3. The summed E-state index contributed by atoms with van der Waals surface area (Å²) < 4.78 is 45.0. The lowest BCUT2D eigenvalue weighted by atomic mass is 10.2. The molecule has 1 aromatic heterocycles. The van der Waals surface area contributed by atoms with Crippen molar-refractivity contribution in [2.24, 2.45) is 0 Å². The zero-order chi connectivity index (χ0) is 21.0. The topological polar surface area (TPSA) is 105 Å². The number of para-hydroxylation sites is 2. The van der Waals surface area contributed by atoms with E-state index in [0.717, 1.165) is 18.0 Å². The maximum Gasteiger partial charge on any atom is 0.229 e. The molecule has 3 aromatic rings. The fraction of sp³-hybridized carbons (Fsp3) is 0.158. The maximum absolute atomic E-state index is 14.3. The van der Waals surface area contributed by atoms with Crippen LogP contribution in [0.4, 0.5) is 33.2 Å². The molecule has 10 heteroatoms. The number of aromatic nitrogens is 2. The third-order valence-corrected chi connectivity index (χ3v) is 4.47. The first-order valence-corrected chi connectivity index (χ1v) is 10.4. The van der Waals surface area contributed by atoms with Gasteiger partial charge in [0.2, 0.25) is 16.0 Å². The number of anilines is 5. The Hall–Kier alpha value is -3.40. The molecule has 8 nitrogen and oxygen atoms in total. The molecule has 152 valence electrons. The summed E-state index contributed by atoms with van der Waals surface area (Å²) in [5, 5.41) is 5.80. The van der Waals surface area contributed by atoms with Crippen molar-refractivity contribution >= 4 is 38.9 Å². The van der Waals surface area contributed by atoms with Crippen molar-refractivity contribution in [2.45, 2.75) is 6.92 Å². The molecule has 0 bridgehead atoms. The summed E-state index contributed by atoms with van der Waals surface area (Å²) in [4.78, 5) is 8.10. The van der Waals surface area contributed by atoms with Crippen LogP contribution in [0.2, 0.25) is 0 Å². The van der Waals surface area contributed by atoms with E-state index in [1.54, 1.807) is 37.4 Å². The van der Waals surface area contributed by atoms with Gasteiger partial charge in [0.25, 0.3) is 0 Å². The second-order valence-corrected chi connectivity index (χ2v) is 7.99. The van der Waals surface area contributed by atoms with Crippen LogP contribution < -0.4 is 20.1 Å². The highest BCUT2D eigenvalue weighted by molar-refractivity contribution is 7.92. The normalized spacial score (nSPS) is 11.0. The third-order valence-electron chi connectivity index (χ3n) is 3.88. The van der Waals surface area contributed by atoms with E-state index in [1.165, 1.54) is 0 Å². The molecule has 0 amide bonds. The summed E-state index contributed by atoms with van der Waals surface area (Å²) >= 11 is 0. The van der Waals surface area contributed by atoms with Gasteiger partial charge in [-0.2, -0.15) is 4.98 Å². The zero-order valence-corrected chi connectivity index (χ0v) is 16.8. The van der Waals surface area contributed by atoms with Crippen LogP contribution in [0.5, 0.6) is 5.75 Å². The van der Waals surface area contributed by atoms with E-state index in [2.05, 4.69) is 25.3 Å². The number of hydrogen-bond acceptors (Lipinski definition) is 7. The Labute approximate surface area is 168 Å². The Morgan fingerprint density at radius 1 is 1.07 bits per heavy atom. The van der Waals surface area contributed by atoms with Crippen LogP contribution >= 0.6 is 0 Å². The Bertz CT molecular complexity index is 1140. The van der Waals surface area contributed by atoms with Crippen molar-refractivity contribution in [2.75, 3.05) is 28.7 Å². The number of halogens is 1. The van der Waals surface area contributed by atoms with Crippen LogP contribution in [0.25, 0.3) is 0 Å². The number of nitrogens with zero attached hydrogens (tertiary/aromatic N) is 2. The zero-order valence-electron chi connectivity index (χ0n) is 16.0. The van der Waals surface area contributed by atoms with Crippen molar-refractivity contribution in [1.82, 2.24) is 9.97 Å². The summed E-state index contributed by atoms with van der Waals surface area (Å²) in [6, 6.07) is 12.0. The molecular formula is C19H20FN5O3S. The van der Waals surface area contributed by atoms with Crippen molar-refractivity contribution in [1.29, 1.82) is 0 Å². The smallest absolute Gasteiger partial charge is 0.229 e. The van der Waals surface area contributed by atoms with Gasteiger partial charge < -0.3 is 15.4 Å². The number of rotatable bonds is 7. The summed E-state index contributed by atoms with van der Waals surface area (Å²) in [6.45, 7) is 1.92. The molecule has 2 aromatic carbocycles. The minimum absolute atomic E-state index is 0.107. The minimum atomic E-state index is -3.50. The number of nitrogens with one attached hydrogen (secondary N) is 3. The predicted molar refractivity (Wildman–Crippen MR) is 111 cm³/mol. The molecule has 0 atom stereocenters. The molecule has 0 radical (unpaired) electrons. The monoisotopic (exact) mass is 417 g/mol. The van der Waals surface area contributed by atoms with E-state index < -0.39 is 15.8 Å². The van der Waals surface area contributed by atoms with Crippen molar-refractivity contribution in [3.8, 4) is 5.75 Å². The minimum Gasteiger partial charge on any atom is -0.496 e. The van der Waals surface area contributed by atoms with E-state index >= 15 is 0 Å². The van der Waals surface area contributed by atoms with Crippen LogP contribution in [0, 0.1) is 12.7 Å². The van der Waals surface area contributed by atoms with Crippen molar-refractivity contribution in [3.05, 3.63) is 60.0 Å². The largest absolute Gasteiger partial charge is 0.496 e. The molecule has 0 spiro atoms. The van der Waals surface area contributed by atoms with Crippen LogP contribution in [0.1, 0.15) is 5.56 Å². The highest BCUT2D eigenvalue weighted by Gasteiger charge is 2.12. The van der Waals surface area contributed by atoms with Gasteiger partial charge in [-0.05, 0) is 30.7 Å². The summed E-state index contributed by atoms with van der Waals surface area (Å²) in [7, 11) is -1.93. The van der Waals surface area contributed by atoms with Gasteiger partial charge in [0, 0.05) is 11.8 Å². The van der Waals surface area contributed by atoms with Gasteiger partial charge in [-0.25, -0.2) is 17.8 Å². The first-order valence-electron chi connectivity index (χ1n) is 8.53. The standard InChI is InChI=1S/C19H20FN5O3S/c1-12-8-9-13(10-17(12)28-2)22-19-21-11-14(20)18(24-19)23-15-6-4-5-7-16(15)25-29(3,26)27/h4-11,25H,1-3H3,(H2,21,22,23,24). The molecule has 29 heavy (non-hydrogen) atoms. The number of benzene rings is 2. The second kappa shape index (κ2) is 8.31. The lowest BCUT2D eigenvalue weighted by molar-refractivity contribution is 0.412. The van der Waals surface area contributed by atoms with Crippen LogP contribution in [0.15, 0.2) is 48.7 Å². The Kier molecular flexibility index (Phi) is 5.83. The van der Waals surface area contributed by atoms with Crippen LogP contribution in [0.3, 0.4) is 0 Å². The highest BCUT2D eigenvalue weighted by atomic mass is 32.2. The molecular weight excluding hydrogens is 397 g/mol. The van der Waals surface area contributed by atoms with Gasteiger partial charge >= 0.3 is 0 Å². The number of ether oxygens (including phenoxy) is 1.